The Balaban J connectivity index is 2.42. The van der Waals surface area contributed by atoms with E-state index in [1.807, 2.05) is 6.92 Å². The Morgan fingerprint density at radius 1 is 1.24 bits per heavy atom. The molecule has 8 nitrogen and oxygen atoms in total. The molecule has 1 amide bonds. The first-order chi connectivity index (χ1) is 15.2. The minimum atomic E-state index is -4.29. The van der Waals surface area contributed by atoms with Crippen LogP contribution in [0.1, 0.15) is 30.6 Å². The quantitative estimate of drug-likeness (QED) is 0.676. The lowest BCUT2D eigenvalue weighted by molar-refractivity contribution is -0.140. The summed E-state index contributed by atoms with van der Waals surface area (Å²) in [6.07, 6.45) is -4.65. The number of fused-ring (bicyclic) bond motifs is 1. The Morgan fingerprint density at radius 3 is 2.48 bits per heavy atom. The van der Waals surface area contributed by atoms with Crippen molar-refractivity contribution in [1.82, 2.24) is 9.80 Å². The monoisotopic (exact) mass is 495 g/mol. The highest BCUT2D eigenvalue weighted by Gasteiger charge is 2.32. The van der Waals surface area contributed by atoms with Crippen molar-refractivity contribution in [2.45, 2.75) is 38.6 Å². The van der Waals surface area contributed by atoms with Gasteiger partial charge in [-0.05, 0) is 25.0 Å². The number of benzene rings is 1. The fourth-order valence-electron chi connectivity index (χ4n) is 3.71. The van der Waals surface area contributed by atoms with Gasteiger partial charge in [-0.1, -0.05) is 6.92 Å². The number of rotatable bonds is 5. The number of amides is 1. The van der Waals surface area contributed by atoms with Crippen LogP contribution in [0.3, 0.4) is 0 Å². The minimum Gasteiger partial charge on any atom is -0.491 e. The normalized spacial score (nSPS) is 23.8. The molecular formula is C21H32F3N3O5S. The van der Waals surface area contributed by atoms with Crippen LogP contribution in [0, 0.1) is 5.92 Å². The molecule has 0 radical (unpaired) electrons. The van der Waals surface area contributed by atoms with Crippen LogP contribution in [-0.4, -0.2) is 89.1 Å². The number of nitrogens with one attached hydrogen (secondary N) is 1. The molecule has 0 spiro atoms. The predicted octanol–water partition coefficient (Wildman–Crippen LogP) is 2.82. The van der Waals surface area contributed by atoms with E-state index in [-0.39, 0.29) is 48.5 Å². The van der Waals surface area contributed by atoms with Crippen LogP contribution in [0.25, 0.3) is 0 Å². The number of sulfonamides is 1. The van der Waals surface area contributed by atoms with Gasteiger partial charge in [-0.15, -0.1) is 0 Å². The zero-order valence-corrected chi connectivity index (χ0v) is 20.3. The highest BCUT2D eigenvalue weighted by molar-refractivity contribution is 7.92. The smallest absolute Gasteiger partial charge is 0.390 e. The number of carbonyl (C=O) groups is 1. The Morgan fingerprint density at radius 2 is 1.91 bits per heavy atom. The number of hydrogen-bond donors (Lipinski definition) is 1. The van der Waals surface area contributed by atoms with Gasteiger partial charge in [0.25, 0.3) is 5.91 Å². The van der Waals surface area contributed by atoms with Crippen molar-refractivity contribution in [2.24, 2.45) is 5.92 Å². The largest absolute Gasteiger partial charge is 0.491 e. The van der Waals surface area contributed by atoms with E-state index < -0.39 is 34.8 Å². The topological polar surface area (TPSA) is 88.2 Å². The molecule has 0 saturated heterocycles. The molecule has 0 unspecified atom stereocenters. The van der Waals surface area contributed by atoms with E-state index in [2.05, 4.69) is 4.72 Å². The Labute approximate surface area is 193 Å². The molecule has 188 valence electrons. The van der Waals surface area contributed by atoms with Crippen molar-refractivity contribution >= 4 is 21.6 Å². The van der Waals surface area contributed by atoms with Crippen molar-refractivity contribution in [1.29, 1.82) is 0 Å². The van der Waals surface area contributed by atoms with Gasteiger partial charge in [-0.25, -0.2) is 8.42 Å². The Hall–Kier alpha value is -2.05. The van der Waals surface area contributed by atoms with Gasteiger partial charge in [0.15, 0.2) is 0 Å². The van der Waals surface area contributed by atoms with Crippen LogP contribution in [-0.2, 0) is 14.8 Å². The Bertz CT molecular complexity index is 926. The number of likely N-dealkylation sites (N-methyl/N-ethyl adjacent to an activating group) is 1. The molecule has 1 heterocycles. The number of halogens is 3. The molecule has 3 atom stereocenters. The molecule has 33 heavy (non-hydrogen) atoms. The molecule has 1 aromatic carbocycles. The molecule has 1 aliphatic heterocycles. The van der Waals surface area contributed by atoms with Crippen LogP contribution in [0.2, 0.25) is 0 Å². The van der Waals surface area contributed by atoms with Crippen molar-refractivity contribution in [3.8, 4) is 5.75 Å². The van der Waals surface area contributed by atoms with Crippen LogP contribution >= 0.6 is 0 Å². The van der Waals surface area contributed by atoms with E-state index in [0.717, 1.165) is 6.26 Å². The molecule has 0 saturated carbocycles. The van der Waals surface area contributed by atoms with Gasteiger partial charge < -0.3 is 14.4 Å². The predicted molar refractivity (Wildman–Crippen MR) is 119 cm³/mol. The molecule has 12 heteroatoms. The number of alkyl halides is 3. The molecule has 0 bridgehead atoms. The van der Waals surface area contributed by atoms with Gasteiger partial charge in [0.05, 0.1) is 30.0 Å². The van der Waals surface area contributed by atoms with Gasteiger partial charge in [0.2, 0.25) is 10.0 Å². The summed E-state index contributed by atoms with van der Waals surface area (Å²) in [4.78, 5) is 16.3. The molecule has 0 aliphatic carbocycles. The summed E-state index contributed by atoms with van der Waals surface area (Å²) in [6.45, 7) is 3.98. The molecule has 1 N–H and O–H groups in total. The zero-order valence-electron chi connectivity index (χ0n) is 19.5. The Kier molecular flexibility index (Phi) is 9.00. The first-order valence-electron chi connectivity index (χ1n) is 10.5. The summed E-state index contributed by atoms with van der Waals surface area (Å²) in [5.41, 5.74) is 0.428. The second-order valence-electron chi connectivity index (χ2n) is 8.54. The number of nitrogens with zero attached hydrogens (tertiary/aromatic N) is 2. The third-order valence-corrected chi connectivity index (χ3v) is 6.17. The maximum atomic E-state index is 13.1. The average molecular weight is 496 g/mol. The number of ether oxygens (including phenoxy) is 2. The van der Waals surface area contributed by atoms with Gasteiger partial charge in [-0.2, -0.15) is 13.2 Å². The zero-order chi connectivity index (χ0) is 25.0. The number of hydrogen-bond acceptors (Lipinski definition) is 6. The van der Waals surface area contributed by atoms with E-state index in [1.165, 1.54) is 30.2 Å². The summed E-state index contributed by atoms with van der Waals surface area (Å²) < 4.78 is 75.7. The number of methoxy groups -OCH3 is 1. The SMILES string of the molecule is CO[C@@H]1CN(C)C(=O)c2ccc(NS(C)(=O)=O)cc2OC[C@H](C)N(CCC(F)(F)F)C[C@H]1C. The first kappa shape index (κ1) is 27.2. The lowest BCUT2D eigenvalue weighted by atomic mass is 10.0. The molecular weight excluding hydrogens is 463 g/mol. The lowest BCUT2D eigenvalue weighted by Crippen LogP contribution is -2.47. The summed E-state index contributed by atoms with van der Waals surface area (Å²) in [7, 11) is -0.448. The number of carbonyl (C=O) groups excluding carboxylic acids is 1. The van der Waals surface area contributed by atoms with Crippen molar-refractivity contribution in [3.05, 3.63) is 23.8 Å². The fraction of sp³-hybridized carbons (Fsp3) is 0.667. The second kappa shape index (κ2) is 10.9. The van der Waals surface area contributed by atoms with Crippen molar-refractivity contribution in [3.63, 3.8) is 0 Å². The first-order valence-corrected chi connectivity index (χ1v) is 12.4. The van der Waals surface area contributed by atoms with E-state index >= 15 is 0 Å². The van der Waals surface area contributed by atoms with Gasteiger partial charge in [-0.3, -0.25) is 14.4 Å². The van der Waals surface area contributed by atoms with E-state index in [4.69, 9.17) is 9.47 Å². The van der Waals surface area contributed by atoms with Crippen molar-refractivity contribution in [2.75, 3.05) is 51.4 Å². The van der Waals surface area contributed by atoms with Crippen LogP contribution in [0.5, 0.6) is 5.75 Å². The van der Waals surface area contributed by atoms with Crippen molar-refractivity contribution < 1.29 is 35.9 Å². The van der Waals surface area contributed by atoms with Gasteiger partial charge in [0.1, 0.15) is 12.4 Å². The van der Waals surface area contributed by atoms with E-state index in [1.54, 1.807) is 18.9 Å². The number of anilines is 1. The van der Waals surface area contributed by atoms with E-state index in [9.17, 15) is 26.4 Å². The van der Waals surface area contributed by atoms with Crippen LogP contribution < -0.4 is 9.46 Å². The molecule has 1 aromatic rings. The second-order valence-corrected chi connectivity index (χ2v) is 10.3. The molecule has 0 aromatic heterocycles. The molecule has 0 fully saturated rings. The maximum Gasteiger partial charge on any atom is 0.390 e. The highest BCUT2D eigenvalue weighted by atomic mass is 32.2. The van der Waals surface area contributed by atoms with Crippen LogP contribution in [0.4, 0.5) is 18.9 Å². The van der Waals surface area contributed by atoms with Gasteiger partial charge in [0, 0.05) is 45.9 Å². The molecule has 2 rings (SSSR count). The van der Waals surface area contributed by atoms with E-state index in [0.29, 0.717) is 6.54 Å². The lowest BCUT2D eigenvalue weighted by Gasteiger charge is -2.36. The fourth-order valence-corrected chi connectivity index (χ4v) is 4.26. The van der Waals surface area contributed by atoms with Gasteiger partial charge >= 0.3 is 6.18 Å². The van der Waals surface area contributed by atoms with Crippen LogP contribution in [0.15, 0.2) is 18.2 Å². The highest BCUT2D eigenvalue weighted by Crippen LogP contribution is 2.28. The third kappa shape index (κ3) is 8.35. The summed E-state index contributed by atoms with van der Waals surface area (Å²) in [5.74, 6) is -0.348. The molecule has 1 aliphatic rings. The third-order valence-electron chi connectivity index (χ3n) is 5.56. The maximum absolute atomic E-state index is 13.1. The summed E-state index contributed by atoms with van der Waals surface area (Å²) in [6, 6.07) is 3.91. The summed E-state index contributed by atoms with van der Waals surface area (Å²) in [5, 5.41) is 0. The summed E-state index contributed by atoms with van der Waals surface area (Å²) >= 11 is 0. The minimum absolute atomic E-state index is 0.00848. The standard InChI is InChI=1S/C21H32F3N3O5S/c1-14-11-27(9-8-21(22,23)24)15(2)13-32-18-10-16(25-33(5,29)30)6-7-17(18)20(28)26(3)12-19(14)31-4/h6-7,10,14-15,19,25H,8-9,11-13H2,1-5H3/t14-,15+,19-/m1/s1. The average Bonchev–Trinajstić information content (AvgIpc) is 2.69.